The van der Waals surface area contributed by atoms with E-state index in [-0.39, 0.29) is 0 Å². The maximum absolute atomic E-state index is 12.2. The third kappa shape index (κ3) is 5.82. The highest BCUT2D eigenvalue weighted by atomic mass is 16.2. The Bertz CT molecular complexity index is 268. The summed E-state index contributed by atoms with van der Waals surface area (Å²) in [6, 6.07) is 0.400. The highest BCUT2D eigenvalue weighted by molar-refractivity contribution is 5.76. The van der Waals surface area contributed by atoms with Gasteiger partial charge in [0.25, 0.3) is 0 Å². The third-order valence-corrected chi connectivity index (χ3v) is 4.81. The summed E-state index contributed by atoms with van der Waals surface area (Å²) >= 11 is 0. The first-order chi connectivity index (χ1) is 9.70. The Morgan fingerprint density at radius 1 is 1.10 bits per heavy atom. The zero-order chi connectivity index (χ0) is 14.8. The largest absolute Gasteiger partial charge is 0.342 e. The van der Waals surface area contributed by atoms with Crippen molar-refractivity contribution in [1.82, 2.24) is 4.90 Å². The summed E-state index contributed by atoms with van der Waals surface area (Å²) in [5, 5.41) is 0. The molecule has 3 heteroatoms. The van der Waals surface area contributed by atoms with E-state index in [1.54, 1.807) is 0 Å². The number of nitrogens with zero attached hydrogens (tertiary/aromatic N) is 1. The predicted molar refractivity (Wildman–Crippen MR) is 85.6 cm³/mol. The molecule has 0 aromatic rings. The van der Waals surface area contributed by atoms with Gasteiger partial charge in [0.1, 0.15) is 0 Å². The molecule has 1 aliphatic rings. The average Bonchev–Trinajstić information content (AvgIpc) is 2.93. The molecule has 0 heterocycles. The Morgan fingerprint density at radius 3 is 2.40 bits per heavy atom. The first-order valence-electron chi connectivity index (χ1n) is 8.66. The van der Waals surface area contributed by atoms with Crippen molar-refractivity contribution in [2.45, 2.75) is 83.6 Å². The van der Waals surface area contributed by atoms with Crippen molar-refractivity contribution in [3.63, 3.8) is 0 Å². The standard InChI is InChI=1S/C17H34N2O/c1-3-4-5-6-7-8-9-13-17(20)19(2)16-12-10-11-15(16)14-18/h15-16H,3-14,18H2,1-2H3. The number of hydrogen-bond donors (Lipinski definition) is 1. The fourth-order valence-electron chi connectivity index (χ4n) is 3.40. The van der Waals surface area contributed by atoms with Crippen LogP contribution in [0.3, 0.4) is 0 Å². The molecule has 0 saturated heterocycles. The Labute approximate surface area is 125 Å². The van der Waals surface area contributed by atoms with E-state index < -0.39 is 0 Å². The number of amides is 1. The Morgan fingerprint density at radius 2 is 1.75 bits per heavy atom. The van der Waals surface area contributed by atoms with E-state index in [4.69, 9.17) is 5.73 Å². The van der Waals surface area contributed by atoms with Crippen LogP contribution in [0, 0.1) is 5.92 Å². The lowest BCUT2D eigenvalue weighted by molar-refractivity contribution is -0.132. The van der Waals surface area contributed by atoms with E-state index in [1.807, 2.05) is 11.9 Å². The summed E-state index contributed by atoms with van der Waals surface area (Å²) in [6.45, 7) is 2.96. The summed E-state index contributed by atoms with van der Waals surface area (Å²) in [5.74, 6) is 0.849. The minimum atomic E-state index is 0.323. The van der Waals surface area contributed by atoms with Crippen LogP contribution >= 0.6 is 0 Å². The lowest BCUT2D eigenvalue weighted by Crippen LogP contribution is -2.41. The first-order valence-corrected chi connectivity index (χ1v) is 8.66. The second kappa shape index (κ2) is 10.2. The van der Waals surface area contributed by atoms with E-state index in [1.165, 1.54) is 51.4 Å². The van der Waals surface area contributed by atoms with Crippen molar-refractivity contribution in [3.05, 3.63) is 0 Å². The molecular formula is C17H34N2O. The van der Waals surface area contributed by atoms with Gasteiger partial charge in [-0.3, -0.25) is 4.79 Å². The maximum atomic E-state index is 12.2. The van der Waals surface area contributed by atoms with Gasteiger partial charge in [-0.2, -0.15) is 0 Å². The summed E-state index contributed by atoms with van der Waals surface area (Å²) in [4.78, 5) is 14.2. The molecule has 0 aromatic carbocycles. The third-order valence-electron chi connectivity index (χ3n) is 4.81. The minimum Gasteiger partial charge on any atom is -0.342 e. The van der Waals surface area contributed by atoms with Crippen LogP contribution in [-0.4, -0.2) is 30.4 Å². The van der Waals surface area contributed by atoms with Crippen LogP contribution in [0.15, 0.2) is 0 Å². The molecule has 1 saturated carbocycles. The summed E-state index contributed by atoms with van der Waals surface area (Å²) in [6.07, 6.45) is 13.1. The molecule has 2 N–H and O–H groups in total. The molecule has 0 bridgehead atoms. The molecule has 0 aromatic heterocycles. The SMILES string of the molecule is CCCCCCCCCC(=O)N(C)C1CCCC1CN. The van der Waals surface area contributed by atoms with Crippen molar-refractivity contribution >= 4 is 5.91 Å². The van der Waals surface area contributed by atoms with Gasteiger partial charge >= 0.3 is 0 Å². The van der Waals surface area contributed by atoms with Crippen molar-refractivity contribution in [3.8, 4) is 0 Å². The van der Waals surface area contributed by atoms with Crippen LogP contribution in [0.4, 0.5) is 0 Å². The Hall–Kier alpha value is -0.570. The van der Waals surface area contributed by atoms with Crippen molar-refractivity contribution in [2.75, 3.05) is 13.6 Å². The van der Waals surface area contributed by atoms with Gasteiger partial charge in [-0.05, 0) is 31.7 Å². The van der Waals surface area contributed by atoms with Crippen LogP contribution in [0.5, 0.6) is 0 Å². The molecule has 2 atom stereocenters. The van der Waals surface area contributed by atoms with Gasteiger partial charge < -0.3 is 10.6 Å². The zero-order valence-electron chi connectivity index (χ0n) is 13.6. The van der Waals surface area contributed by atoms with Crippen molar-refractivity contribution < 1.29 is 4.79 Å². The zero-order valence-corrected chi connectivity index (χ0v) is 13.6. The molecular weight excluding hydrogens is 248 g/mol. The van der Waals surface area contributed by atoms with E-state index in [0.29, 0.717) is 17.9 Å². The van der Waals surface area contributed by atoms with Gasteiger partial charge in [-0.1, -0.05) is 51.9 Å². The monoisotopic (exact) mass is 282 g/mol. The van der Waals surface area contributed by atoms with E-state index in [9.17, 15) is 4.79 Å². The second-order valence-corrected chi connectivity index (χ2v) is 6.37. The lowest BCUT2D eigenvalue weighted by atomic mass is 10.0. The molecule has 20 heavy (non-hydrogen) atoms. The number of unbranched alkanes of at least 4 members (excludes halogenated alkanes) is 6. The summed E-state index contributed by atoms with van der Waals surface area (Å²) < 4.78 is 0. The van der Waals surface area contributed by atoms with Gasteiger partial charge in [-0.15, -0.1) is 0 Å². The summed E-state index contributed by atoms with van der Waals surface area (Å²) in [7, 11) is 1.97. The molecule has 0 aliphatic heterocycles. The molecule has 0 radical (unpaired) electrons. The van der Waals surface area contributed by atoms with Crippen molar-refractivity contribution in [2.24, 2.45) is 11.7 Å². The molecule has 0 spiro atoms. The normalized spacial score (nSPS) is 22.1. The Balaban J connectivity index is 2.12. The number of carbonyl (C=O) groups excluding carboxylic acids is 1. The first kappa shape index (κ1) is 17.5. The van der Waals surface area contributed by atoms with Gasteiger partial charge in [0.2, 0.25) is 5.91 Å². The lowest BCUT2D eigenvalue weighted by Gasteiger charge is -2.29. The number of hydrogen-bond acceptors (Lipinski definition) is 2. The quantitative estimate of drug-likeness (QED) is 0.621. The maximum Gasteiger partial charge on any atom is 0.222 e. The number of carbonyl (C=O) groups is 1. The molecule has 1 fully saturated rings. The Kier molecular flexibility index (Phi) is 8.92. The molecule has 2 unspecified atom stereocenters. The minimum absolute atomic E-state index is 0.323. The fraction of sp³-hybridized carbons (Fsp3) is 0.941. The highest BCUT2D eigenvalue weighted by Gasteiger charge is 2.31. The van der Waals surface area contributed by atoms with E-state index >= 15 is 0 Å². The van der Waals surface area contributed by atoms with Crippen LogP contribution in [0.2, 0.25) is 0 Å². The number of nitrogens with two attached hydrogens (primary N) is 1. The highest BCUT2D eigenvalue weighted by Crippen LogP contribution is 2.29. The molecule has 3 nitrogen and oxygen atoms in total. The van der Waals surface area contributed by atoms with Crippen LogP contribution in [-0.2, 0) is 4.79 Å². The van der Waals surface area contributed by atoms with Gasteiger partial charge in [0.15, 0.2) is 0 Å². The predicted octanol–water partition coefficient (Wildman–Crippen LogP) is 3.71. The van der Waals surface area contributed by atoms with Crippen LogP contribution in [0.1, 0.15) is 77.6 Å². The van der Waals surface area contributed by atoms with Crippen molar-refractivity contribution in [1.29, 1.82) is 0 Å². The number of rotatable bonds is 10. The molecule has 1 rings (SSSR count). The van der Waals surface area contributed by atoms with E-state index in [2.05, 4.69) is 6.92 Å². The molecule has 118 valence electrons. The fourth-order valence-corrected chi connectivity index (χ4v) is 3.40. The van der Waals surface area contributed by atoms with Crippen LogP contribution in [0.25, 0.3) is 0 Å². The van der Waals surface area contributed by atoms with Crippen LogP contribution < -0.4 is 5.73 Å². The second-order valence-electron chi connectivity index (χ2n) is 6.37. The van der Waals surface area contributed by atoms with Gasteiger partial charge in [-0.25, -0.2) is 0 Å². The summed E-state index contributed by atoms with van der Waals surface area (Å²) in [5.41, 5.74) is 5.80. The smallest absolute Gasteiger partial charge is 0.222 e. The molecule has 1 amide bonds. The average molecular weight is 282 g/mol. The molecule has 1 aliphatic carbocycles. The van der Waals surface area contributed by atoms with E-state index in [0.717, 1.165) is 25.8 Å². The topological polar surface area (TPSA) is 46.3 Å². The van der Waals surface area contributed by atoms with Gasteiger partial charge in [0, 0.05) is 19.5 Å². The van der Waals surface area contributed by atoms with Gasteiger partial charge in [0.05, 0.1) is 0 Å².